The Kier molecular flexibility index (Phi) is 6.77. The number of aromatic nitrogens is 4. The minimum atomic E-state index is -2.96. The van der Waals surface area contributed by atoms with Crippen LogP contribution in [0.4, 0.5) is 10.6 Å². The summed E-state index contributed by atoms with van der Waals surface area (Å²) in [4.78, 5) is 24.4. The molecule has 10 nitrogen and oxygen atoms in total. The summed E-state index contributed by atoms with van der Waals surface area (Å²) in [7, 11) is -2.96. The van der Waals surface area contributed by atoms with Crippen molar-refractivity contribution in [1.82, 2.24) is 25.5 Å². The Morgan fingerprint density at radius 1 is 1.19 bits per heavy atom. The molecule has 3 aromatic heterocycles. The highest BCUT2D eigenvalue weighted by Crippen LogP contribution is 2.35. The number of anilines is 1. The van der Waals surface area contributed by atoms with E-state index in [0.717, 1.165) is 52.3 Å². The smallest absolute Gasteiger partial charge is 0.347 e. The Hall–Kier alpha value is -3.67. The van der Waals surface area contributed by atoms with Gasteiger partial charge in [-0.25, -0.2) is 9.78 Å². The second-order valence-electron chi connectivity index (χ2n) is 8.55. The molecule has 5 rings (SSSR count). The van der Waals surface area contributed by atoms with Crippen LogP contribution in [0.5, 0.6) is 0 Å². The van der Waals surface area contributed by atoms with Crippen molar-refractivity contribution in [3.05, 3.63) is 54.9 Å². The van der Waals surface area contributed by atoms with Crippen LogP contribution in [0.2, 0.25) is 0 Å². The lowest BCUT2D eigenvalue weighted by molar-refractivity contribution is 0.122. The lowest BCUT2D eigenvalue weighted by atomic mass is 10.00. The predicted octanol–water partition coefficient (Wildman–Crippen LogP) is 3.78. The molecule has 0 unspecified atom stereocenters. The second kappa shape index (κ2) is 10.1. The van der Waals surface area contributed by atoms with Gasteiger partial charge in [-0.15, -0.1) is 0 Å². The molecule has 188 valence electrons. The summed E-state index contributed by atoms with van der Waals surface area (Å²) < 4.78 is 20.5. The molecular weight excluding hydrogens is 478 g/mol. The maximum absolute atomic E-state index is 11.9. The number of thiol groups is 1. The molecule has 0 bridgehead atoms. The highest BCUT2D eigenvalue weighted by molar-refractivity contribution is 7.99. The summed E-state index contributed by atoms with van der Waals surface area (Å²) in [6.07, 6.45) is 5.08. The minimum Gasteiger partial charge on any atom is -0.378 e. The number of ether oxygens (including phenoxy) is 1. The minimum absolute atomic E-state index is 0.456. The first-order valence-corrected chi connectivity index (χ1v) is 13.9. The van der Waals surface area contributed by atoms with E-state index in [-0.39, 0.29) is 0 Å². The molecule has 0 atom stereocenters. The Labute approximate surface area is 210 Å². The third kappa shape index (κ3) is 4.85. The van der Waals surface area contributed by atoms with Gasteiger partial charge < -0.3 is 19.5 Å². The average molecular weight is 508 g/mol. The van der Waals surface area contributed by atoms with Gasteiger partial charge in [-0.05, 0) is 54.6 Å². The molecule has 1 aromatic carbocycles. The quantitative estimate of drug-likeness (QED) is 0.303. The van der Waals surface area contributed by atoms with E-state index >= 15 is 0 Å². The largest absolute Gasteiger partial charge is 0.378 e. The molecule has 3 N–H and O–H groups in total. The summed E-state index contributed by atoms with van der Waals surface area (Å²) in [6, 6.07) is 13.0. The Balaban J connectivity index is 1.63. The fourth-order valence-electron chi connectivity index (χ4n) is 4.26. The summed E-state index contributed by atoms with van der Waals surface area (Å²) in [5, 5.41) is 10.6. The van der Waals surface area contributed by atoms with E-state index in [1.165, 1.54) is 0 Å². The van der Waals surface area contributed by atoms with Gasteiger partial charge in [0.1, 0.15) is 17.0 Å². The summed E-state index contributed by atoms with van der Waals surface area (Å²) in [5.41, 5.74) is 4.25. The van der Waals surface area contributed by atoms with Gasteiger partial charge in [0.05, 0.1) is 18.9 Å². The van der Waals surface area contributed by atoms with E-state index < -0.39 is 16.1 Å². The number of hydrogen-bond acceptors (Lipinski definition) is 6. The number of urea groups is 1. The van der Waals surface area contributed by atoms with E-state index in [1.807, 2.05) is 43.3 Å². The number of hydrogen-bond donors (Lipinski definition) is 4. The number of nitrogens with zero attached hydrogens (tertiary/aromatic N) is 5. The molecule has 11 heteroatoms. The molecule has 1 aliphatic heterocycles. The Morgan fingerprint density at radius 3 is 2.67 bits per heavy atom. The van der Waals surface area contributed by atoms with E-state index in [1.54, 1.807) is 18.6 Å². The fourth-order valence-corrected chi connectivity index (χ4v) is 5.51. The third-order valence-electron chi connectivity index (χ3n) is 6.09. The predicted molar refractivity (Wildman–Crippen MR) is 143 cm³/mol. The highest BCUT2D eigenvalue weighted by atomic mass is 32.3. The van der Waals surface area contributed by atoms with E-state index in [0.29, 0.717) is 24.7 Å². The van der Waals surface area contributed by atoms with Crippen molar-refractivity contribution < 1.29 is 14.1 Å². The van der Waals surface area contributed by atoms with Gasteiger partial charge >= 0.3 is 6.03 Å². The fraction of sp³-hybridized carbons (Fsp3) is 0.280. The molecule has 4 heterocycles. The van der Waals surface area contributed by atoms with Crippen molar-refractivity contribution in [1.29, 1.82) is 0 Å². The zero-order valence-electron chi connectivity index (χ0n) is 20.2. The van der Waals surface area contributed by atoms with Crippen LogP contribution in [-0.2, 0) is 14.8 Å². The second-order valence-corrected chi connectivity index (χ2v) is 11.1. The van der Waals surface area contributed by atoms with Gasteiger partial charge in [0.2, 0.25) is 0 Å². The number of fused-ring (bicyclic) bond motifs is 1. The number of nitrogens with one attached hydrogen (secondary N) is 2. The summed E-state index contributed by atoms with van der Waals surface area (Å²) in [5.74, 6) is 0.851. The van der Waals surface area contributed by atoms with Crippen molar-refractivity contribution in [2.75, 3.05) is 44.0 Å². The van der Waals surface area contributed by atoms with Crippen molar-refractivity contribution in [2.45, 2.75) is 11.8 Å². The zero-order valence-corrected chi connectivity index (χ0v) is 21.1. The lowest BCUT2D eigenvalue weighted by Crippen LogP contribution is -2.36. The topological polar surface area (TPSA) is 129 Å². The maximum Gasteiger partial charge on any atom is 0.347 e. The van der Waals surface area contributed by atoms with Crippen LogP contribution in [0, 0.1) is 0 Å². The van der Waals surface area contributed by atoms with Crippen molar-refractivity contribution in [3.63, 3.8) is 0 Å². The first kappa shape index (κ1) is 24.0. The molecular formula is C25H29N7O3S. The third-order valence-corrected chi connectivity index (χ3v) is 7.93. The van der Waals surface area contributed by atoms with Crippen LogP contribution in [0.25, 0.3) is 33.4 Å². The standard InChI is InChI=1S/C25H29N7O3S/c1-3-26-25(33)31-36(2,34)18-6-4-17(5-7-18)20-16-22(32-12-14-35-15-13-32)29-23-19(20)8-10-27-24(23)21-9-11-28-30-21/h4-11,16,36H,3,12-15H2,1-2H3,(H,28,30)(H2,26,31,33,34). The number of pyridine rings is 2. The molecule has 0 saturated carbocycles. The van der Waals surface area contributed by atoms with Crippen molar-refractivity contribution in [2.24, 2.45) is 4.36 Å². The van der Waals surface area contributed by atoms with Crippen LogP contribution in [0.1, 0.15) is 6.92 Å². The monoisotopic (exact) mass is 507 g/mol. The van der Waals surface area contributed by atoms with Gasteiger partial charge in [-0.2, -0.15) is 9.46 Å². The van der Waals surface area contributed by atoms with Crippen molar-refractivity contribution in [3.8, 4) is 22.5 Å². The number of carbonyl (C=O) groups excluding carboxylic acids is 1. The average Bonchev–Trinajstić information content (AvgIpc) is 3.43. The van der Waals surface area contributed by atoms with Gasteiger partial charge in [0.25, 0.3) is 0 Å². The number of H-pyrrole nitrogens is 1. The van der Waals surface area contributed by atoms with Gasteiger partial charge in [0.15, 0.2) is 0 Å². The first-order chi connectivity index (χ1) is 17.5. The molecule has 1 saturated heterocycles. The van der Waals surface area contributed by atoms with Gasteiger partial charge in [-0.1, -0.05) is 22.2 Å². The molecule has 4 aromatic rings. The summed E-state index contributed by atoms with van der Waals surface area (Å²) in [6.45, 7) is 5.08. The normalized spacial score (nSPS) is 14.6. The lowest BCUT2D eigenvalue weighted by Gasteiger charge is -2.28. The van der Waals surface area contributed by atoms with Crippen LogP contribution in [-0.4, -0.2) is 69.9 Å². The maximum atomic E-state index is 11.9. The Bertz CT molecular complexity index is 1430. The van der Waals surface area contributed by atoms with Gasteiger partial charge in [0, 0.05) is 42.3 Å². The molecule has 0 radical (unpaired) electrons. The number of carbonyl (C=O) groups is 1. The van der Waals surface area contributed by atoms with Crippen LogP contribution in [0.15, 0.2) is 64.1 Å². The number of morpholine rings is 1. The van der Waals surface area contributed by atoms with Crippen LogP contribution < -0.4 is 10.2 Å². The van der Waals surface area contributed by atoms with Gasteiger partial charge in [-0.3, -0.25) is 10.1 Å². The number of aromatic amines is 1. The van der Waals surface area contributed by atoms with E-state index in [4.69, 9.17) is 9.72 Å². The zero-order chi connectivity index (χ0) is 25.1. The molecule has 0 aliphatic carbocycles. The molecule has 1 fully saturated rings. The SMILES string of the molecule is CCNC(=O)N=[SH](C)(O)c1ccc(-c2cc(N3CCOCC3)nc3c(-c4ccn[nH]4)nccc23)cc1. The van der Waals surface area contributed by atoms with Crippen molar-refractivity contribution >= 4 is 32.9 Å². The number of amides is 2. The van der Waals surface area contributed by atoms with Crippen LogP contribution in [0.3, 0.4) is 0 Å². The number of rotatable bonds is 5. The Morgan fingerprint density at radius 2 is 1.97 bits per heavy atom. The number of benzene rings is 1. The highest BCUT2D eigenvalue weighted by Gasteiger charge is 2.19. The summed E-state index contributed by atoms with van der Waals surface area (Å²) >= 11 is 0. The van der Waals surface area contributed by atoms with E-state index in [2.05, 4.69) is 35.8 Å². The molecule has 2 amide bonds. The first-order valence-electron chi connectivity index (χ1n) is 11.8. The van der Waals surface area contributed by atoms with E-state index in [9.17, 15) is 9.35 Å². The molecule has 36 heavy (non-hydrogen) atoms. The van der Waals surface area contributed by atoms with Crippen LogP contribution >= 0.6 is 0 Å². The molecule has 1 aliphatic rings. The molecule has 0 spiro atoms.